The molecule has 0 saturated heterocycles. The molecule has 3 aromatic rings. The standard InChI is InChI=1S/C26H21N3O7S/c1-4-13-36-25(32)21-15(2)27-26-28(22(21)17-7-9-18(10-8-17)24(31)35-3)23(30)20(37-26)14-16-5-11-19(12-6-16)29(33)34/h4-12,14,22H,1,13H2,2-3H3. The highest BCUT2D eigenvalue weighted by atomic mass is 32.1. The molecule has 0 aliphatic carbocycles. The molecule has 0 amide bonds. The second kappa shape index (κ2) is 10.5. The number of benzene rings is 2. The monoisotopic (exact) mass is 519 g/mol. The summed E-state index contributed by atoms with van der Waals surface area (Å²) in [6.07, 6.45) is 3.05. The van der Waals surface area contributed by atoms with E-state index in [4.69, 9.17) is 9.47 Å². The minimum absolute atomic E-state index is 0.0197. The maximum atomic E-state index is 13.6. The van der Waals surface area contributed by atoms with Crippen LogP contribution in [0.5, 0.6) is 0 Å². The first kappa shape index (κ1) is 25.5. The second-order valence-electron chi connectivity index (χ2n) is 7.93. The molecule has 37 heavy (non-hydrogen) atoms. The molecule has 0 radical (unpaired) electrons. The van der Waals surface area contributed by atoms with Crippen molar-refractivity contribution in [2.24, 2.45) is 4.99 Å². The van der Waals surface area contributed by atoms with Crippen molar-refractivity contribution in [3.05, 3.63) is 119 Å². The van der Waals surface area contributed by atoms with Gasteiger partial charge in [-0.15, -0.1) is 0 Å². The van der Waals surface area contributed by atoms with Crippen LogP contribution in [-0.4, -0.2) is 35.1 Å². The van der Waals surface area contributed by atoms with Gasteiger partial charge in [-0.25, -0.2) is 14.6 Å². The average Bonchev–Trinajstić information content (AvgIpc) is 3.20. The van der Waals surface area contributed by atoms with E-state index in [0.29, 0.717) is 31.7 Å². The highest BCUT2D eigenvalue weighted by Crippen LogP contribution is 2.31. The van der Waals surface area contributed by atoms with Gasteiger partial charge in [0.15, 0.2) is 4.80 Å². The van der Waals surface area contributed by atoms with Gasteiger partial charge in [0.05, 0.1) is 39.4 Å². The topological polar surface area (TPSA) is 130 Å². The van der Waals surface area contributed by atoms with Gasteiger partial charge in [-0.1, -0.05) is 36.1 Å². The van der Waals surface area contributed by atoms with Crippen molar-refractivity contribution in [1.29, 1.82) is 0 Å². The van der Waals surface area contributed by atoms with E-state index in [9.17, 15) is 24.5 Å². The van der Waals surface area contributed by atoms with E-state index in [-0.39, 0.29) is 17.9 Å². The highest BCUT2D eigenvalue weighted by Gasteiger charge is 2.33. The fourth-order valence-electron chi connectivity index (χ4n) is 3.87. The Morgan fingerprint density at radius 2 is 1.84 bits per heavy atom. The number of nitro groups is 1. The van der Waals surface area contributed by atoms with Gasteiger partial charge in [0.25, 0.3) is 11.2 Å². The van der Waals surface area contributed by atoms with Gasteiger partial charge in [0, 0.05) is 12.1 Å². The predicted octanol–water partition coefficient (Wildman–Crippen LogP) is 2.66. The van der Waals surface area contributed by atoms with Gasteiger partial charge >= 0.3 is 11.9 Å². The molecule has 1 unspecified atom stereocenters. The van der Waals surface area contributed by atoms with Crippen LogP contribution in [0.15, 0.2) is 82.2 Å². The zero-order valence-corrected chi connectivity index (χ0v) is 20.7. The third kappa shape index (κ3) is 5.02. The molecule has 2 aromatic carbocycles. The minimum Gasteiger partial charge on any atom is -0.465 e. The minimum atomic E-state index is -0.862. The Hall–Kier alpha value is -4.64. The summed E-state index contributed by atoms with van der Waals surface area (Å²) >= 11 is 1.13. The molecule has 1 atom stereocenters. The molecule has 11 heteroatoms. The van der Waals surface area contributed by atoms with Crippen LogP contribution >= 0.6 is 11.3 Å². The lowest BCUT2D eigenvalue weighted by atomic mass is 9.95. The second-order valence-corrected chi connectivity index (χ2v) is 8.94. The number of hydrogen-bond donors (Lipinski definition) is 0. The number of fused-ring (bicyclic) bond motifs is 1. The van der Waals surface area contributed by atoms with E-state index >= 15 is 0 Å². The quantitative estimate of drug-likeness (QED) is 0.203. The Morgan fingerprint density at radius 1 is 1.16 bits per heavy atom. The molecule has 2 heterocycles. The first-order chi connectivity index (χ1) is 17.7. The fraction of sp³-hybridized carbons (Fsp3) is 0.154. The molecule has 0 saturated carbocycles. The normalized spacial score (nSPS) is 15.0. The van der Waals surface area contributed by atoms with Crippen molar-refractivity contribution in [2.75, 3.05) is 13.7 Å². The van der Waals surface area contributed by atoms with E-state index < -0.39 is 28.5 Å². The zero-order chi connectivity index (χ0) is 26.7. The van der Waals surface area contributed by atoms with Gasteiger partial charge in [-0.3, -0.25) is 19.5 Å². The smallest absolute Gasteiger partial charge is 0.338 e. The van der Waals surface area contributed by atoms with E-state index in [0.717, 1.165) is 11.3 Å². The molecule has 1 aliphatic rings. The third-order valence-corrected chi connectivity index (χ3v) is 6.61. The molecular weight excluding hydrogens is 498 g/mol. The number of nitro benzene ring substituents is 1. The van der Waals surface area contributed by atoms with Crippen LogP contribution in [0.2, 0.25) is 0 Å². The van der Waals surface area contributed by atoms with Crippen molar-refractivity contribution in [1.82, 2.24) is 4.57 Å². The Labute approximate surface area is 214 Å². The Balaban J connectivity index is 1.88. The maximum Gasteiger partial charge on any atom is 0.338 e. The number of nitrogens with zero attached hydrogens (tertiary/aromatic N) is 3. The van der Waals surface area contributed by atoms with E-state index in [1.165, 1.54) is 29.9 Å². The molecule has 1 aromatic heterocycles. The fourth-order valence-corrected chi connectivity index (χ4v) is 4.92. The van der Waals surface area contributed by atoms with Gasteiger partial charge in [-0.05, 0) is 48.4 Å². The summed E-state index contributed by atoms with van der Waals surface area (Å²) in [7, 11) is 1.28. The van der Waals surface area contributed by atoms with Crippen molar-refractivity contribution >= 4 is 35.0 Å². The summed E-state index contributed by atoms with van der Waals surface area (Å²) in [5.41, 5.74) is 1.58. The summed E-state index contributed by atoms with van der Waals surface area (Å²) in [6, 6.07) is 11.3. The number of carbonyl (C=O) groups is 2. The van der Waals surface area contributed by atoms with Gasteiger partial charge in [-0.2, -0.15) is 0 Å². The van der Waals surface area contributed by atoms with E-state index in [2.05, 4.69) is 11.6 Å². The van der Waals surface area contributed by atoms with Crippen LogP contribution in [0.3, 0.4) is 0 Å². The van der Waals surface area contributed by atoms with Crippen molar-refractivity contribution in [3.8, 4) is 0 Å². The van der Waals surface area contributed by atoms with Crippen LogP contribution in [0.1, 0.15) is 34.5 Å². The summed E-state index contributed by atoms with van der Waals surface area (Å²) in [5, 5.41) is 10.9. The van der Waals surface area contributed by atoms with Crippen LogP contribution < -0.4 is 14.9 Å². The lowest BCUT2D eigenvalue weighted by Crippen LogP contribution is -2.40. The molecule has 188 valence electrons. The number of allylic oxidation sites excluding steroid dienone is 1. The van der Waals surface area contributed by atoms with Gasteiger partial charge in [0.2, 0.25) is 0 Å². The van der Waals surface area contributed by atoms with Crippen LogP contribution in [0.4, 0.5) is 5.69 Å². The maximum absolute atomic E-state index is 13.6. The van der Waals surface area contributed by atoms with E-state index in [1.54, 1.807) is 49.4 Å². The Kier molecular flexibility index (Phi) is 7.25. The number of methoxy groups -OCH3 is 1. The number of esters is 2. The predicted molar refractivity (Wildman–Crippen MR) is 136 cm³/mol. The van der Waals surface area contributed by atoms with Gasteiger partial charge in [0.1, 0.15) is 6.61 Å². The van der Waals surface area contributed by atoms with Crippen LogP contribution in [0.25, 0.3) is 6.08 Å². The molecule has 0 bridgehead atoms. The third-order valence-electron chi connectivity index (χ3n) is 5.62. The van der Waals surface area contributed by atoms with Crippen molar-refractivity contribution < 1.29 is 24.0 Å². The number of carbonyl (C=O) groups excluding carboxylic acids is 2. The van der Waals surface area contributed by atoms with E-state index in [1.807, 2.05) is 0 Å². The number of non-ortho nitro benzene ring substituents is 1. The number of rotatable bonds is 7. The van der Waals surface area contributed by atoms with Crippen molar-refractivity contribution in [3.63, 3.8) is 0 Å². The first-order valence-electron chi connectivity index (χ1n) is 11.0. The number of thiazole rings is 1. The van der Waals surface area contributed by atoms with Crippen LogP contribution in [0, 0.1) is 10.1 Å². The SMILES string of the molecule is C=CCOC(=O)C1=C(C)N=c2sc(=Cc3ccc([N+](=O)[O-])cc3)c(=O)n2C1c1ccc(C(=O)OC)cc1. The summed E-state index contributed by atoms with van der Waals surface area (Å²) < 4.78 is 11.8. The molecule has 0 fully saturated rings. The van der Waals surface area contributed by atoms with Gasteiger partial charge < -0.3 is 9.47 Å². The summed E-state index contributed by atoms with van der Waals surface area (Å²) in [4.78, 5) is 53.9. The molecule has 10 nitrogen and oxygen atoms in total. The van der Waals surface area contributed by atoms with Crippen molar-refractivity contribution in [2.45, 2.75) is 13.0 Å². The first-order valence-corrected chi connectivity index (χ1v) is 11.8. The zero-order valence-electron chi connectivity index (χ0n) is 19.9. The number of hydrogen-bond acceptors (Lipinski definition) is 9. The molecule has 0 spiro atoms. The lowest BCUT2D eigenvalue weighted by molar-refractivity contribution is -0.384. The molecular formula is C26H21N3O7S. The summed E-state index contributed by atoms with van der Waals surface area (Å²) in [5.74, 6) is -1.16. The number of ether oxygens (including phenoxy) is 2. The Bertz CT molecular complexity index is 1610. The molecule has 0 N–H and O–H groups in total. The highest BCUT2D eigenvalue weighted by molar-refractivity contribution is 7.07. The molecule has 1 aliphatic heterocycles. The largest absolute Gasteiger partial charge is 0.465 e. The Morgan fingerprint density at radius 3 is 2.43 bits per heavy atom. The number of aromatic nitrogens is 1. The lowest BCUT2D eigenvalue weighted by Gasteiger charge is -2.24. The average molecular weight is 520 g/mol. The molecule has 4 rings (SSSR count). The van der Waals surface area contributed by atoms with Crippen LogP contribution in [-0.2, 0) is 14.3 Å². The summed E-state index contributed by atoms with van der Waals surface area (Å²) in [6.45, 7) is 5.20.